The van der Waals surface area contributed by atoms with Crippen LogP contribution in [0.3, 0.4) is 0 Å². The molecular weight excluding hydrogens is 706 g/mol. The van der Waals surface area contributed by atoms with Gasteiger partial charge in [-0.1, -0.05) is 145 Å². The number of carbonyl (C=O) groups is 2. The minimum atomic E-state index is -0.407. The molecule has 0 aliphatic carbocycles. The van der Waals surface area contributed by atoms with E-state index >= 15 is 0 Å². The molecular formula is C39H31Cl5N2O2. The number of alkyl halides is 2. The Hall–Kier alpha value is -4.29. The molecule has 0 saturated heterocycles. The normalized spacial score (nSPS) is 9.69. The quantitative estimate of drug-likeness (QED) is 0.105. The number of carbonyl (C=O) groups excluding carboxylic acids is 2. The van der Waals surface area contributed by atoms with Gasteiger partial charge < -0.3 is 11.1 Å². The van der Waals surface area contributed by atoms with Crippen molar-refractivity contribution in [1.29, 1.82) is 0 Å². The van der Waals surface area contributed by atoms with Crippen molar-refractivity contribution < 1.29 is 9.59 Å². The Bertz CT molecular complexity index is 1860. The number of halogens is 5. The summed E-state index contributed by atoms with van der Waals surface area (Å²) in [5.41, 5.74) is 12.5. The third kappa shape index (κ3) is 12.7. The molecule has 0 saturated carbocycles. The van der Waals surface area contributed by atoms with Gasteiger partial charge in [0.1, 0.15) is 0 Å². The Morgan fingerprint density at radius 3 is 1.38 bits per heavy atom. The lowest BCUT2D eigenvalue weighted by Gasteiger charge is -2.12. The highest BCUT2D eigenvalue weighted by atomic mass is 35.5. The van der Waals surface area contributed by atoms with E-state index in [1.807, 2.05) is 109 Å². The van der Waals surface area contributed by atoms with Crippen LogP contribution in [-0.2, 0) is 0 Å². The molecule has 0 atom stereocenters. The van der Waals surface area contributed by atoms with Crippen LogP contribution in [0.2, 0.25) is 10.0 Å². The van der Waals surface area contributed by atoms with Gasteiger partial charge in [-0.05, 0) is 59.1 Å². The number of nitrogens with one attached hydrogen (secondary N) is 1. The van der Waals surface area contributed by atoms with Crippen molar-refractivity contribution >= 4 is 80.5 Å². The van der Waals surface area contributed by atoms with Gasteiger partial charge in [0.2, 0.25) is 0 Å². The van der Waals surface area contributed by atoms with Crippen LogP contribution >= 0.6 is 58.0 Å². The Balaban J connectivity index is 0.000000205. The van der Waals surface area contributed by atoms with Crippen molar-refractivity contribution in [3.05, 3.63) is 179 Å². The molecule has 6 aromatic rings. The minimum Gasteiger partial charge on any atom is -0.398 e. The monoisotopic (exact) mass is 734 g/mol. The van der Waals surface area contributed by atoms with Crippen molar-refractivity contribution in [3.63, 3.8) is 0 Å². The Kier molecular flexibility index (Phi) is 16.6. The van der Waals surface area contributed by atoms with E-state index in [0.29, 0.717) is 32.5 Å². The maximum atomic E-state index is 12.4. The van der Waals surface area contributed by atoms with E-state index in [1.54, 1.807) is 48.5 Å². The van der Waals surface area contributed by atoms with Crippen molar-refractivity contribution in [3.8, 4) is 22.3 Å². The number of hydrogen-bond acceptors (Lipinski definition) is 3. The molecule has 0 unspecified atom stereocenters. The second-order valence-electron chi connectivity index (χ2n) is 9.71. The van der Waals surface area contributed by atoms with Crippen molar-refractivity contribution in [2.45, 2.75) is 0 Å². The zero-order chi connectivity index (χ0) is 34.7. The number of rotatable bonds is 5. The van der Waals surface area contributed by atoms with E-state index in [-0.39, 0.29) is 11.2 Å². The van der Waals surface area contributed by atoms with Crippen LogP contribution in [0.4, 0.5) is 11.4 Å². The van der Waals surface area contributed by atoms with Gasteiger partial charge in [-0.25, -0.2) is 0 Å². The van der Waals surface area contributed by atoms with Crippen LogP contribution in [-0.4, -0.2) is 16.5 Å². The molecule has 4 nitrogen and oxygen atoms in total. The second-order valence-corrected chi connectivity index (χ2v) is 11.7. The fourth-order valence-corrected chi connectivity index (χ4v) is 4.74. The van der Waals surface area contributed by atoms with Crippen molar-refractivity contribution in [1.82, 2.24) is 0 Å². The molecule has 0 fully saturated rings. The van der Waals surface area contributed by atoms with Crippen LogP contribution in [0.1, 0.15) is 20.7 Å². The van der Waals surface area contributed by atoms with Gasteiger partial charge in [0.15, 0.2) is 0 Å². The van der Waals surface area contributed by atoms with Crippen LogP contribution in [0.15, 0.2) is 158 Å². The topological polar surface area (TPSA) is 72.2 Å². The number of nitrogen functional groups attached to an aromatic ring is 1. The van der Waals surface area contributed by atoms with Gasteiger partial charge in [-0.15, -0.1) is 23.2 Å². The molecule has 0 aromatic heterocycles. The summed E-state index contributed by atoms with van der Waals surface area (Å²) >= 11 is 26.6. The number of amides is 1. The van der Waals surface area contributed by atoms with Crippen LogP contribution in [0, 0.1) is 0 Å². The molecule has 6 aromatic carbocycles. The first-order valence-electron chi connectivity index (χ1n) is 14.4. The first-order valence-corrected chi connectivity index (χ1v) is 16.6. The number of anilines is 2. The van der Waals surface area contributed by atoms with Crippen LogP contribution < -0.4 is 11.1 Å². The maximum Gasteiger partial charge on any atom is 0.255 e. The minimum absolute atomic E-state index is 0.153. The highest BCUT2D eigenvalue weighted by molar-refractivity contribution is 6.67. The lowest BCUT2D eigenvalue weighted by molar-refractivity contribution is 0.102. The first kappa shape index (κ1) is 38.2. The summed E-state index contributed by atoms with van der Waals surface area (Å²) in [5.74, 6) is -0.153. The van der Waals surface area contributed by atoms with E-state index in [0.717, 1.165) is 22.3 Å². The van der Waals surface area contributed by atoms with Crippen molar-refractivity contribution in [2.24, 2.45) is 0 Å². The maximum absolute atomic E-state index is 12.4. The SMILES string of the molecule is ClCCl.Nc1cc(Cl)ccc1-c1ccccc1.O=C(Cl)c1ccccc1.O=C(Nc1cc(Cl)ccc1-c1ccccc1)c1ccccc1. The summed E-state index contributed by atoms with van der Waals surface area (Å²) in [7, 11) is 0. The van der Waals surface area contributed by atoms with E-state index in [9.17, 15) is 9.59 Å². The third-order valence-corrected chi connectivity index (χ3v) is 7.14. The van der Waals surface area contributed by atoms with Gasteiger partial charge in [0.25, 0.3) is 11.1 Å². The number of nitrogens with two attached hydrogens (primary N) is 1. The number of hydrogen-bond donors (Lipinski definition) is 2. The van der Waals surface area contributed by atoms with Crippen LogP contribution in [0.5, 0.6) is 0 Å². The molecule has 3 N–H and O–H groups in total. The van der Waals surface area contributed by atoms with Gasteiger partial charge in [-0.3, -0.25) is 9.59 Å². The molecule has 0 heterocycles. The standard InChI is InChI=1S/C19H14ClNO.C12H10ClN.C7H5ClO.CH2Cl2/c20-16-11-12-17(14-7-3-1-4-8-14)18(13-16)21-19(22)15-9-5-2-6-10-15;13-10-6-7-11(12(14)8-10)9-4-2-1-3-5-9;8-7(9)6-4-2-1-3-5-6;2-1-3/h1-13H,(H,21,22);1-8H,14H2;1-5H;1H2. The molecule has 244 valence electrons. The average Bonchev–Trinajstić information content (AvgIpc) is 3.11. The first-order chi connectivity index (χ1) is 23.2. The summed E-state index contributed by atoms with van der Waals surface area (Å²) in [5, 5.41) is 3.99. The lowest BCUT2D eigenvalue weighted by Crippen LogP contribution is -2.12. The molecule has 1 amide bonds. The van der Waals surface area contributed by atoms with Gasteiger partial charge in [0.05, 0.1) is 11.0 Å². The summed E-state index contributed by atoms with van der Waals surface area (Å²) < 4.78 is 0. The van der Waals surface area contributed by atoms with Gasteiger partial charge in [-0.2, -0.15) is 0 Å². The van der Waals surface area contributed by atoms with E-state index < -0.39 is 5.24 Å². The van der Waals surface area contributed by atoms with Crippen molar-refractivity contribution in [2.75, 3.05) is 16.4 Å². The Morgan fingerprint density at radius 2 is 0.938 bits per heavy atom. The lowest BCUT2D eigenvalue weighted by atomic mass is 10.0. The zero-order valence-corrected chi connectivity index (χ0v) is 29.3. The highest BCUT2D eigenvalue weighted by Gasteiger charge is 2.11. The molecule has 6 rings (SSSR count). The van der Waals surface area contributed by atoms with E-state index in [1.165, 1.54) is 0 Å². The van der Waals surface area contributed by atoms with Gasteiger partial charge >= 0.3 is 0 Å². The molecule has 0 bridgehead atoms. The predicted octanol–water partition coefficient (Wildman–Crippen LogP) is 12.3. The van der Waals surface area contributed by atoms with Crippen LogP contribution in [0.25, 0.3) is 22.3 Å². The van der Waals surface area contributed by atoms with E-state index in [4.69, 9.17) is 63.7 Å². The zero-order valence-electron chi connectivity index (χ0n) is 25.5. The summed E-state index contributed by atoms with van der Waals surface area (Å²) in [4.78, 5) is 22.8. The predicted molar refractivity (Wildman–Crippen MR) is 206 cm³/mol. The average molecular weight is 737 g/mol. The Morgan fingerprint density at radius 1 is 0.542 bits per heavy atom. The summed E-state index contributed by atoms with van der Waals surface area (Å²) in [6.07, 6.45) is 0. The molecule has 0 aliphatic heterocycles. The fourth-order valence-electron chi connectivity index (χ4n) is 4.26. The molecule has 9 heteroatoms. The third-order valence-electron chi connectivity index (χ3n) is 6.45. The molecule has 0 radical (unpaired) electrons. The highest BCUT2D eigenvalue weighted by Crippen LogP contribution is 2.31. The summed E-state index contributed by atoms with van der Waals surface area (Å²) in [6, 6.07) is 48.8. The fraction of sp³-hybridized carbons (Fsp3) is 0.0256. The van der Waals surface area contributed by atoms with E-state index in [2.05, 4.69) is 5.32 Å². The summed E-state index contributed by atoms with van der Waals surface area (Å²) in [6.45, 7) is 0. The molecule has 48 heavy (non-hydrogen) atoms. The second kappa shape index (κ2) is 20.8. The molecule has 0 spiro atoms. The number of benzene rings is 6. The van der Waals surface area contributed by atoms with Gasteiger partial charge in [0, 0.05) is 38.0 Å². The smallest absolute Gasteiger partial charge is 0.255 e. The molecule has 0 aliphatic rings. The largest absolute Gasteiger partial charge is 0.398 e. The Labute approximate surface area is 306 Å².